The van der Waals surface area contributed by atoms with E-state index >= 15 is 0 Å². The van der Waals surface area contributed by atoms with Crippen LogP contribution in [0.15, 0.2) is 30.3 Å². The van der Waals surface area contributed by atoms with Crippen molar-refractivity contribution in [3.8, 4) is 11.5 Å². The molecule has 0 aromatic heterocycles. The average molecular weight is 369 g/mol. The Hall–Kier alpha value is -2.11. The molecule has 2 rings (SSSR count). The lowest BCUT2D eigenvalue weighted by atomic mass is 10.1. The Morgan fingerprint density at radius 1 is 1.12 bits per heavy atom. The molecule has 0 aliphatic rings. The highest BCUT2D eigenvalue weighted by Crippen LogP contribution is 2.28. The van der Waals surface area contributed by atoms with Crippen molar-refractivity contribution in [1.82, 2.24) is 5.32 Å². The minimum absolute atomic E-state index is 0.00915. The number of carbonyl (C=O) groups is 1. The van der Waals surface area contributed by atoms with E-state index in [-0.39, 0.29) is 6.73 Å². The first-order valence-corrected chi connectivity index (χ1v) is 7.94. The normalized spacial score (nSPS) is 10.2. The van der Waals surface area contributed by atoms with Gasteiger partial charge >= 0.3 is 6.03 Å². The Bertz CT molecular complexity index is 728. The summed E-state index contributed by atoms with van der Waals surface area (Å²) in [5, 5.41) is 6.46. The molecule has 24 heavy (non-hydrogen) atoms. The smallest absolute Gasteiger partial charge is 0.321 e. The molecule has 2 amide bonds. The van der Waals surface area contributed by atoms with E-state index in [9.17, 15) is 4.79 Å². The molecule has 0 atom stereocenters. The molecule has 0 aliphatic carbocycles. The standard InChI is InChI=1S/C17H18Cl2N2O3/c1-10-6-13(7-11(2)16(10)19)24-9-20-17(22)21-14-8-12(18)4-5-15(14)23-3/h4-8H,9H2,1-3H3,(H2,20,21,22). The highest BCUT2D eigenvalue weighted by atomic mass is 35.5. The Labute approximate surface area is 150 Å². The molecule has 2 aromatic rings. The fourth-order valence-electron chi connectivity index (χ4n) is 2.12. The molecule has 0 unspecified atom stereocenters. The first kappa shape index (κ1) is 18.2. The number of methoxy groups -OCH3 is 1. The van der Waals surface area contributed by atoms with Crippen LogP contribution in [0.2, 0.25) is 10.0 Å². The van der Waals surface area contributed by atoms with Crippen molar-refractivity contribution in [2.45, 2.75) is 13.8 Å². The van der Waals surface area contributed by atoms with E-state index in [2.05, 4.69) is 10.6 Å². The lowest BCUT2D eigenvalue weighted by Gasteiger charge is -2.13. The van der Waals surface area contributed by atoms with Crippen LogP contribution in [0.3, 0.4) is 0 Å². The van der Waals surface area contributed by atoms with E-state index in [1.165, 1.54) is 7.11 Å². The van der Waals surface area contributed by atoms with Crippen LogP contribution >= 0.6 is 23.2 Å². The minimum atomic E-state index is -0.432. The van der Waals surface area contributed by atoms with Crippen LogP contribution in [-0.2, 0) is 0 Å². The van der Waals surface area contributed by atoms with Gasteiger partial charge in [-0.15, -0.1) is 0 Å². The molecular weight excluding hydrogens is 351 g/mol. The molecular formula is C17H18Cl2N2O3. The number of benzene rings is 2. The predicted molar refractivity (Wildman–Crippen MR) is 96.6 cm³/mol. The lowest BCUT2D eigenvalue weighted by Crippen LogP contribution is -2.32. The van der Waals surface area contributed by atoms with Crippen LogP contribution in [0.1, 0.15) is 11.1 Å². The van der Waals surface area contributed by atoms with Gasteiger partial charge in [-0.05, 0) is 55.3 Å². The zero-order chi connectivity index (χ0) is 17.7. The summed E-state index contributed by atoms with van der Waals surface area (Å²) >= 11 is 12.0. The first-order valence-electron chi connectivity index (χ1n) is 7.18. The third-order valence-electron chi connectivity index (χ3n) is 3.29. The molecule has 2 aromatic carbocycles. The molecule has 0 spiro atoms. The Kier molecular flexibility index (Phi) is 6.17. The maximum atomic E-state index is 11.9. The number of urea groups is 1. The number of rotatable bonds is 5. The van der Waals surface area contributed by atoms with Gasteiger partial charge in [0.1, 0.15) is 11.5 Å². The highest BCUT2D eigenvalue weighted by molar-refractivity contribution is 6.32. The molecule has 0 saturated carbocycles. The van der Waals surface area contributed by atoms with E-state index in [0.29, 0.717) is 27.2 Å². The number of hydrogen-bond donors (Lipinski definition) is 2. The summed E-state index contributed by atoms with van der Waals surface area (Å²) in [5.41, 5.74) is 2.31. The third kappa shape index (κ3) is 4.69. The predicted octanol–water partition coefficient (Wildman–Crippen LogP) is 4.78. The monoisotopic (exact) mass is 368 g/mol. The molecule has 0 aliphatic heterocycles. The van der Waals surface area contributed by atoms with Gasteiger partial charge in [0.15, 0.2) is 6.73 Å². The number of carbonyl (C=O) groups excluding carboxylic acids is 1. The van der Waals surface area contributed by atoms with Crippen LogP contribution < -0.4 is 20.1 Å². The summed E-state index contributed by atoms with van der Waals surface area (Å²) in [7, 11) is 1.51. The number of ether oxygens (including phenoxy) is 2. The van der Waals surface area contributed by atoms with Gasteiger partial charge in [0, 0.05) is 10.0 Å². The summed E-state index contributed by atoms with van der Waals surface area (Å²) in [6, 6.07) is 8.15. The molecule has 0 saturated heterocycles. The quantitative estimate of drug-likeness (QED) is 0.746. The third-order valence-corrected chi connectivity index (χ3v) is 4.12. The van der Waals surface area contributed by atoms with Gasteiger partial charge in [0.05, 0.1) is 12.8 Å². The van der Waals surface area contributed by atoms with E-state index in [1.54, 1.807) is 18.2 Å². The van der Waals surface area contributed by atoms with E-state index in [4.69, 9.17) is 32.7 Å². The van der Waals surface area contributed by atoms with Crippen LogP contribution in [-0.4, -0.2) is 19.9 Å². The van der Waals surface area contributed by atoms with Gasteiger partial charge in [0.2, 0.25) is 0 Å². The van der Waals surface area contributed by atoms with Gasteiger partial charge in [-0.3, -0.25) is 0 Å². The largest absolute Gasteiger partial charge is 0.495 e. The Morgan fingerprint density at radius 2 is 1.79 bits per heavy atom. The van der Waals surface area contributed by atoms with Gasteiger partial charge in [-0.25, -0.2) is 4.79 Å². The number of amides is 2. The highest BCUT2D eigenvalue weighted by Gasteiger charge is 2.08. The number of aryl methyl sites for hydroxylation is 2. The van der Waals surface area contributed by atoms with Crippen molar-refractivity contribution < 1.29 is 14.3 Å². The topological polar surface area (TPSA) is 59.6 Å². The van der Waals surface area contributed by atoms with E-state index < -0.39 is 6.03 Å². The molecule has 0 radical (unpaired) electrons. The molecule has 2 N–H and O–H groups in total. The van der Waals surface area contributed by atoms with Crippen LogP contribution in [0, 0.1) is 13.8 Å². The number of hydrogen-bond acceptors (Lipinski definition) is 3. The Balaban J connectivity index is 1.91. The summed E-state index contributed by atoms with van der Waals surface area (Å²) in [6.07, 6.45) is 0. The van der Waals surface area contributed by atoms with E-state index in [1.807, 2.05) is 26.0 Å². The molecule has 128 valence electrons. The van der Waals surface area contributed by atoms with Crippen molar-refractivity contribution in [1.29, 1.82) is 0 Å². The summed E-state index contributed by atoms with van der Waals surface area (Å²) in [6.45, 7) is 3.80. The second-order valence-electron chi connectivity index (χ2n) is 5.14. The molecule has 0 heterocycles. The summed E-state index contributed by atoms with van der Waals surface area (Å²) in [4.78, 5) is 11.9. The van der Waals surface area contributed by atoms with Crippen molar-refractivity contribution >= 4 is 34.9 Å². The van der Waals surface area contributed by atoms with Crippen molar-refractivity contribution in [3.63, 3.8) is 0 Å². The summed E-state index contributed by atoms with van der Waals surface area (Å²) < 4.78 is 10.7. The SMILES string of the molecule is COc1ccc(Cl)cc1NC(=O)NCOc1cc(C)c(Cl)c(C)c1. The fraction of sp³-hybridized carbons (Fsp3) is 0.235. The first-order chi connectivity index (χ1) is 11.4. The zero-order valence-corrected chi connectivity index (χ0v) is 15.1. The number of halogens is 2. The number of anilines is 1. The zero-order valence-electron chi connectivity index (χ0n) is 13.6. The lowest BCUT2D eigenvalue weighted by molar-refractivity contribution is 0.234. The summed E-state index contributed by atoms with van der Waals surface area (Å²) in [5.74, 6) is 1.15. The van der Waals surface area contributed by atoms with Gasteiger partial charge in [0.25, 0.3) is 0 Å². The second kappa shape index (κ2) is 8.13. The average Bonchev–Trinajstić information content (AvgIpc) is 2.52. The molecule has 0 fully saturated rings. The van der Waals surface area contributed by atoms with Gasteiger partial charge < -0.3 is 20.1 Å². The van der Waals surface area contributed by atoms with E-state index in [0.717, 1.165) is 11.1 Å². The maximum absolute atomic E-state index is 11.9. The fourth-order valence-corrected chi connectivity index (χ4v) is 2.40. The minimum Gasteiger partial charge on any atom is -0.495 e. The van der Waals surface area contributed by atoms with Crippen molar-refractivity contribution in [2.24, 2.45) is 0 Å². The second-order valence-corrected chi connectivity index (χ2v) is 5.95. The number of nitrogens with one attached hydrogen (secondary N) is 2. The molecule has 7 heteroatoms. The van der Waals surface area contributed by atoms with Crippen molar-refractivity contribution in [2.75, 3.05) is 19.2 Å². The van der Waals surface area contributed by atoms with Crippen LogP contribution in [0.4, 0.5) is 10.5 Å². The van der Waals surface area contributed by atoms with Crippen molar-refractivity contribution in [3.05, 3.63) is 51.5 Å². The molecule has 5 nitrogen and oxygen atoms in total. The van der Waals surface area contributed by atoms with Gasteiger partial charge in [-0.1, -0.05) is 23.2 Å². The van der Waals surface area contributed by atoms with Crippen LogP contribution in [0.25, 0.3) is 0 Å². The maximum Gasteiger partial charge on any atom is 0.321 e. The molecule has 0 bridgehead atoms. The van der Waals surface area contributed by atoms with Crippen LogP contribution in [0.5, 0.6) is 11.5 Å². The van der Waals surface area contributed by atoms with Gasteiger partial charge in [-0.2, -0.15) is 0 Å². The Morgan fingerprint density at radius 3 is 2.42 bits per heavy atom.